The maximum atomic E-state index is 12.6. The van der Waals surface area contributed by atoms with E-state index in [0.717, 1.165) is 16.5 Å². The Bertz CT molecular complexity index is 1200. The molecule has 1 amide bonds. The number of carboxylic acids is 1. The van der Waals surface area contributed by atoms with Gasteiger partial charge in [0, 0.05) is 37.6 Å². The number of carbonyl (C=O) groups excluding carboxylic acids is 1. The van der Waals surface area contributed by atoms with Crippen LogP contribution in [0.3, 0.4) is 0 Å². The van der Waals surface area contributed by atoms with Crippen LogP contribution in [0.1, 0.15) is 16.2 Å². The molecule has 0 unspecified atom stereocenters. The second-order valence-corrected chi connectivity index (χ2v) is 6.26. The molecule has 0 radical (unpaired) electrons. The summed E-state index contributed by atoms with van der Waals surface area (Å²) < 4.78 is 33.2. The SMILES string of the molecule is CN(Cc1cccc2cccnc12)C(=O)c1nc2ncccn2n1.O=C(O)C(F)(F)F. The lowest BCUT2D eigenvalue weighted by Gasteiger charge is -2.16. The minimum absolute atomic E-state index is 0.129. The smallest absolute Gasteiger partial charge is 0.475 e. The van der Waals surface area contributed by atoms with Crippen LogP contribution in [-0.4, -0.2) is 59.7 Å². The Morgan fingerprint density at radius 2 is 1.77 bits per heavy atom. The normalized spacial score (nSPS) is 11.1. The van der Waals surface area contributed by atoms with E-state index in [-0.39, 0.29) is 11.7 Å². The number of nitrogens with zero attached hydrogens (tertiary/aromatic N) is 6. The molecule has 12 heteroatoms. The fraction of sp³-hybridized carbons (Fsp3) is 0.158. The van der Waals surface area contributed by atoms with Gasteiger partial charge in [-0.3, -0.25) is 9.78 Å². The predicted octanol–water partition coefficient (Wildman–Crippen LogP) is 2.58. The van der Waals surface area contributed by atoms with Gasteiger partial charge in [0.15, 0.2) is 0 Å². The summed E-state index contributed by atoms with van der Waals surface area (Å²) in [5.74, 6) is -2.48. The number of halogens is 3. The fourth-order valence-corrected chi connectivity index (χ4v) is 2.62. The number of alkyl halides is 3. The number of carboxylic acid groups (broad SMARTS) is 1. The van der Waals surface area contributed by atoms with E-state index in [1.54, 1.807) is 36.6 Å². The summed E-state index contributed by atoms with van der Waals surface area (Å²) >= 11 is 0. The van der Waals surface area contributed by atoms with Gasteiger partial charge in [0.25, 0.3) is 11.7 Å². The third-order valence-corrected chi connectivity index (χ3v) is 4.02. The van der Waals surface area contributed by atoms with Gasteiger partial charge in [-0.2, -0.15) is 18.2 Å². The van der Waals surface area contributed by atoms with Crippen molar-refractivity contribution in [3.8, 4) is 0 Å². The fourth-order valence-electron chi connectivity index (χ4n) is 2.62. The molecule has 1 N–H and O–H groups in total. The summed E-state index contributed by atoms with van der Waals surface area (Å²) in [6.45, 7) is 0.427. The lowest BCUT2D eigenvalue weighted by Crippen LogP contribution is -2.27. The van der Waals surface area contributed by atoms with E-state index in [0.29, 0.717) is 12.3 Å². The maximum absolute atomic E-state index is 12.6. The first-order chi connectivity index (χ1) is 14.7. The Labute approximate surface area is 172 Å². The molecule has 0 spiro atoms. The number of carbonyl (C=O) groups is 2. The van der Waals surface area contributed by atoms with Crippen molar-refractivity contribution in [2.45, 2.75) is 12.7 Å². The predicted molar refractivity (Wildman–Crippen MR) is 102 cm³/mol. The van der Waals surface area contributed by atoms with Crippen LogP contribution in [-0.2, 0) is 11.3 Å². The van der Waals surface area contributed by atoms with Gasteiger partial charge in [0.05, 0.1) is 5.52 Å². The van der Waals surface area contributed by atoms with Crippen molar-refractivity contribution in [2.75, 3.05) is 7.05 Å². The Morgan fingerprint density at radius 1 is 1.10 bits per heavy atom. The van der Waals surface area contributed by atoms with Crippen LogP contribution in [0.5, 0.6) is 0 Å². The average molecular weight is 432 g/mol. The molecule has 1 aromatic carbocycles. The van der Waals surface area contributed by atoms with Crippen LogP contribution >= 0.6 is 0 Å². The summed E-state index contributed by atoms with van der Waals surface area (Å²) in [5, 5.41) is 12.3. The zero-order valence-corrected chi connectivity index (χ0v) is 16.0. The summed E-state index contributed by atoms with van der Waals surface area (Å²) in [6, 6.07) is 11.6. The monoisotopic (exact) mass is 432 g/mol. The number of hydrogen-bond acceptors (Lipinski definition) is 6. The number of amides is 1. The number of pyridine rings is 1. The van der Waals surface area contributed by atoms with Crippen molar-refractivity contribution < 1.29 is 27.9 Å². The number of hydrogen-bond donors (Lipinski definition) is 1. The van der Waals surface area contributed by atoms with Crippen LogP contribution in [0.4, 0.5) is 13.2 Å². The molecule has 0 saturated carbocycles. The van der Waals surface area contributed by atoms with Crippen LogP contribution in [0.15, 0.2) is 55.0 Å². The number of benzene rings is 1. The topological polar surface area (TPSA) is 114 Å². The molecule has 4 aromatic rings. The molecule has 0 saturated heterocycles. The maximum Gasteiger partial charge on any atom is 0.490 e. The molecular weight excluding hydrogens is 417 g/mol. The zero-order chi connectivity index (χ0) is 22.6. The largest absolute Gasteiger partial charge is 0.490 e. The zero-order valence-electron chi connectivity index (χ0n) is 16.0. The molecule has 0 aliphatic carbocycles. The first-order valence-electron chi connectivity index (χ1n) is 8.72. The summed E-state index contributed by atoms with van der Waals surface area (Å²) in [5.41, 5.74) is 1.87. The highest BCUT2D eigenvalue weighted by atomic mass is 19.4. The highest BCUT2D eigenvalue weighted by Crippen LogP contribution is 2.18. The quantitative estimate of drug-likeness (QED) is 0.529. The first kappa shape index (κ1) is 21.6. The van der Waals surface area contributed by atoms with E-state index in [2.05, 4.69) is 20.1 Å². The summed E-state index contributed by atoms with van der Waals surface area (Å²) in [7, 11) is 1.73. The van der Waals surface area contributed by atoms with Gasteiger partial charge in [-0.25, -0.2) is 14.3 Å². The van der Waals surface area contributed by atoms with Crippen LogP contribution in [0, 0.1) is 0 Å². The molecule has 3 heterocycles. The first-order valence-corrected chi connectivity index (χ1v) is 8.72. The minimum Gasteiger partial charge on any atom is -0.475 e. The van der Waals surface area contributed by atoms with Crippen molar-refractivity contribution in [1.82, 2.24) is 29.5 Å². The molecule has 0 fully saturated rings. The second kappa shape index (κ2) is 8.73. The number of aliphatic carboxylic acids is 1. The highest BCUT2D eigenvalue weighted by molar-refractivity contribution is 5.91. The van der Waals surface area contributed by atoms with Gasteiger partial charge in [-0.05, 0) is 17.7 Å². The molecule has 160 valence electrons. The Balaban J connectivity index is 0.000000339. The molecule has 0 aliphatic heterocycles. The molecule has 0 aliphatic rings. The minimum atomic E-state index is -5.08. The standard InChI is InChI=1S/C17H14N6O.C2HF3O2/c1-22(11-13-6-2-5-12-7-3-8-18-14(12)13)16(24)15-20-17-19-9-4-10-23(17)21-15;3-2(4,5)1(6)7/h2-10H,11H2,1H3;(H,6,7). The highest BCUT2D eigenvalue weighted by Gasteiger charge is 2.38. The third kappa shape index (κ3) is 5.10. The molecular formula is C19H15F3N6O3. The molecule has 31 heavy (non-hydrogen) atoms. The number of fused-ring (bicyclic) bond motifs is 2. The summed E-state index contributed by atoms with van der Waals surface area (Å²) in [4.78, 5) is 35.7. The number of aromatic nitrogens is 5. The molecule has 0 bridgehead atoms. The Morgan fingerprint density at radius 3 is 2.45 bits per heavy atom. The van der Waals surface area contributed by atoms with Crippen molar-refractivity contribution >= 4 is 28.6 Å². The molecule has 9 nitrogen and oxygen atoms in total. The van der Waals surface area contributed by atoms with Gasteiger partial charge >= 0.3 is 12.1 Å². The van der Waals surface area contributed by atoms with E-state index >= 15 is 0 Å². The van der Waals surface area contributed by atoms with Crippen LogP contribution in [0.25, 0.3) is 16.7 Å². The number of rotatable bonds is 3. The molecule has 3 aromatic heterocycles. The van der Waals surface area contributed by atoms with E-state index in [1.165, 1.54) is 4.52 Å². The molecule has 0 atom stereocenters. The second-order valence-electron chi connectivity index (χ2n) is 6.26. The average Bonchev–Trinajstić information content (AvgIpc) is 3.17. The van der Waals surface area contributed by atoms with E-state index < -0.39 is 12.1 Å². The van der Waals surface area contributed by atoms with E-state index in [1.807, 2.05) is 30.3 Å². The van der Waals surface area contributed by atoms with Gasteiger partial charge in [-0.1, -0.05) is 24.3 Å². The van der Waals surface area contributed by atoms with Gasteiger partial charge in [-0.15, -0.1) is 5.10 Å². The molecule has 4 rings (SSSR count). The van der Waals surface area contributed by atoms with E-state index in [4.69, 9.17) is 9.90 Å². The van der Waals surface area contributed by atoms with Crippen molar-refractivity contribution in [3.05, 3.63) is 66.4 Å². The summed E-state index contributed by atoms with van der Waals surface area (Å²) in [6.07, 6.45) is -0.00646. The van der Waals surface area contributed by atoms with E-state index in [9.17, 15) is 18.0 Å². The van der Waals surface area contributed by atoms with Crippen molar-refractivity contribution in [3.63, 3.8) is 0 Å². The van der Waals surface area contributed by atoms with Gasteiger partial charge < -0.3 is 10.0 Å². The lowest BCUT2D eigenvalue weighted by atomic mass is 10.1. The van der Waals surface area contributed by atoms with Crippen molar-refractivity contribution in [1.29, 1.82) is 0 Å². The Hall–Kier alpha value is -4.09. The van der Waals surface area contributed by atoms with Gasteiger partial charge in [0.1, 0.15) is 0 Å². The van der Waals surface area contributed by atoms with Crippen molar-refractivity contribution in [2.24, 2.45) is 0 Å². The van der Waals surface area contributed by atoms with Crippen LogP contribution < -0.4 is 0 Å². The van der Waals surface area contributed by atoms with Crippen LogP contribution in [0.2, 0.25) is 0 Å². The third-order valence-electron chi connectivity index (χ3n) is 4.02. The lowest BCUT2D eigenvalue weighted by molar-refractivity contribution is -0.192. The van der Waals surface area contributed by atoms with Gasteiger partial charge in [0.2, 0.25) is 5.82 Å². The number of para-hydroxylation sites is 1. The Kier molecular flexibility index (Phi) is 6.09.